The van der Waals surface area contributed by atoms with Crippen LogP contribution < -0.4 is 0 Å². The molecule has 1 spiro atoms. The van der Waals surface area contributed by atoms with Crippen molar-refractivity contribution >= 4 is 27.3 Å². The number of ether oxygens (including phenoxy) is 1. The summed E-state index contributed by atoms with van der Waals surface area (Å²) in [6.45, 7) is 6.20. The van der Waals surface area contributed by atoms with Gasteiger partial charge in [-0.15, -0.1) is 11.3 Å². The van der Waals surface area contributed by atoms with Crippen molar-refractivity contribution in [1.29, 1.82) is 0 Å². The predicted molar refractivity (Wildman–Crippen MR) is 112 cm³/mol. The number of nitrogens with zero attached hydrogens (tertiary/aromatic N) is 3. The van der Waals surface area contributed by atoms with Gasteiger partial charge < -0.3 is 14.5 Å². The van der Waals surface area contributed by atoms with Gasteiger partial charge in [-0.05, 0) is 62.2 Å². The zero-order valence-electron chi connectivity index (χ0n) is 16.2. The van der Waals surface area contributed by atoms with E-state index in [-0.39, 0.29) is 5.72 Å². The Kier molecular flexibility index (Phi) is 4.14. The van der Waals surface area contributed by atoms with Gasteiger partial charge in [0.15, 0.2) is 5.84 Å². The van der Waals surface area contributed by atoms with Crippen LogP contribution in [0.25, 0.3) is 10.1 Å². The van der Waals surface area contributed by atoms with E-state index in [0.29, 0.717) is 11.8 Å². The van der Waals surface area contributed by atoms with Gasteiger partial charge in [0, 0.05) is 30.4 Å². The number of thiophene rings is 1. The van der Waals surface area contributed by atoms with Crippen molar-refractivity contribution in [3.63, 3.8) is 0 Å². The van der Waals surface area contributed by atoms with Crippen molar-refractivity contribution in [3.8, 4) is 0 Å². The van der Waals surface area contributed by atoms with Crippen molar-refractivity contribution in [3.05, 3.63) is 35.2 Å². The smallest absolute Gasteiger partial charge is 0.227 e. The van der Waals surface area contributed by atoms with Crippen LogP contribution in [0.5, 0.6) is 0 Å². The zero-order chi connectivity index (χ0) is 18.6. The van der Waals surface area contributed by atoms with Gasteiger partial charge in [0.25, 0.3) is 0 Å². The van der Waals surface area contributed by atoms with E-state index < -0.39 is 0 Å². The van der Waals surface area contributed by atoms with E-state index in [9.17, 15) is 0 Å². The van der Waals surface area contributed by atoms with E-state index in [1.807, 2.05) is 11.3 Å². The summed E-state index contributed by atoms with van der Waals surface area (Å²) in [5.41, 5.74) is -0.264. The molecule has 148 valence electrons. The Morgan fingerprint density at radius 1 is 1.11 bits per heavy atom. The minimum absolute atomic E-state index is 0.264. The van der Waals surface area contributed by atoms with Gasteiger partial charge in [-0.2, -0.15) is 0 Å². The highest BCUT2D eigenvalue weighted by molar-refractivity contribution is 7.20. The van der Waals surface area contributed by atoms with Crippen molar-refractivity contribution < 1.29 is 9.57 Å². The summed E-state index contributed by atoms with van der Waals surface area (Å²) in [6.07, 6.45) is 4.72. The van der Waals surface area contributed by atoms with Gasteiger partial charge in [-0.3, -0.25) is 4.90 Å². The van der Waals surface area contributed by atoms with Gasteiger partial charge in [0.2, 0.25) is 5.72 Å². The molecule has 5 aliphatic heterocycles. The van der Waals surface area contributed by atoms with E-state index in [2.05, 4.69) is 40.1 Å². The lowest BCUT2D eigenvalue weighted by Gasteiger charge is -2.53. The van der Waals surface area contributed by atoms with Crippen molar-refractivity contribution in [2.24, 2.45) is 17.0 Å². The highest BCUT2D eigenvalue weighted by Crippen LogP contribution is 2.45. The Morgan fingerprint density at radius 3 is 2.68 bits per heavy atom. The molecule has 0 unspecified atom stereocenters. The number of hydrogen-bond donors (Lipinski definition) is 0. The van der Waals surface area contributed by atoms with Crippen LogP contribution in [-0.2, 0) is 9.57 Å². The van der Waals surface area contributed by atoms with Crippen LogP contribution in [0.1, 0.15) is 30.6 Å². The lowest BCUT2D eigenvalue weighted by atomic mass is 9.79. The predicted octanol–water partition coefficient (Wildman–Crippen LogP) is 3.74. The van der Waals surface area contributed by atoms with Gasteiger partial charge >= 0.3 is 0 Å². The molecule has 2 aromatic rings. The lowest BCUT2D eigenvalue weighted by molar-refractivity contribution is -0.199. The quantitative estimate of drug-likeness (QED) is 0.791. The number of amidine groups is 1. The molecule has 0 aliphatic carbocycles. The zero-order valence-corrected chi connectivity index (χ0v) is 17.0. The first kappa shape index (κ1) is 17.2. The molecule has 4 fully saturated rings. The number of oxime groups is 1. The lowest BCUT2D eigenvalue weighted by Crippen LogP contribution is -2.67. The summed E-state index contributed by atoms with van der Waals surface area (Å²) in [5, 5.41) is 6.04. The van der Waals surface area contributed by atoms with Crippen LogP contribution in [0.2, 0.25) is 0 Å². The van der Waals surface area contributed by atoms with Gasteiger partial charge in [-0.1, -0.05) is 23.4 Å². The third kappa shape index (κ3) is 2.69. The van der Waals surface area contributed by atoms with E-state index in [1.54, 1.807) is 0 Å². The molecule has 0 amide bonds. The minimum atomic E-state index is -0.264. The molecular formula is C22H27N3O2S. The fourth-order valence-corrected chi connectivity index (χ4v) is 6.55. The molecule has 5 aliphatic rings. The maximum Gasteiger partial charge on any atom is 0.227 e. The second kappa shape index (κ2) is 6.71. The molecule has 28 heavy (non-hydrogen) atoms. The highest BCUT2D eigenvalue weighted by Gasteiger charge is 2.57. The number of rotatable bonds is 3. The van der Waals surface area contributed by atoms with Gasteiger partial charge in [0.05, 0.1) is 11.4 Å². The van der Waals surface area contributed by atoms with Gasteiger partial charge in [0.1, 0.15) is 0 Å². The molecule has 1 aromatic carbocycles. The Bertz CT molecular complexity index is 865. The molecule has 7 rings (SSSR count). The second-order valence-electron chi connectivity index (χ2n) is 8.72. The van der Waals surface area contributed by atoms with Crippen LogP contribution in [0.4, 0.5) is 0 Å². The molecule has 0 saturated carbocycles. The maximum atomic E-state index is 6.38. The molecule has 6 heteroatoms. The largest absolute Gasteiger partial charge is 0.381 e. The summed E-state index contributed by atoms with van der Waals surface area (Å²) in [7, 11) is 0. The molecule has 5 nitrogen and oxygen atoms in total. The van der Waals surface area contributed by atoms with Crippen LogP contribution in [0.15, 0.2) is 35.5 Å². The first-order chi connectivity index (χ1) is 13.8. The third-order valence-electron chi connectivity index (χ3n) is 7.11. The molecule has 4 saturated heterocycles. The summed E-state index contributed by atoms with van der Waals surface area (Å²) in [4.78, 5) is 12.7. The molecular weight excluding hydrogens is 370 g/mol. The summed E-state index contributed by atoms with van der Waals surface area (Å²) in [6, 6.07) is 10.9. The van der Waals surface area contributed by atoms with Gasteiger partial charge in [-0.25, -0.2) is 0 Å². The minimum Gasteiger partial charge on any atom is -0.381 e. The molecule has 0 N–H and O–H groups in total. The molecule has 6 heterocycles. The topological polar surface area (TPSA) is 37.3 Å². The fraction of sp³-hybridized carbons (Fsp3) is 0.591. The SMILES string of the molecule is c1ccc2sc(C3=NO[C@@]4(CN5CCC4CC5)N3CC3CCOCC3)cc2c1. The average Bonchev–Trinajstić information content (AvgIpc) is 3.32. The van der Waals surface area contributed by atoms with E-state index in [1.165, 1.54) is 40.9 Å². The number of fused-ring (bicyclic) bond motifs is 3. The van der Waals surface area contributed by atoms with Crippen LogP contribution in [-0.4, -0.2) is 60.8 Å². The summed E-state index contributed by atoms with van der Waals surface area (Å²) >= 11 is 1.84. The van der Waals surface area contributed by atoms with Crippen LogP contribution >= 0.6 is 11.3 Å². The fourth-order valence-electron chi connectivity index (χ4n) is 5.50. The Labute approximate surface area is 169 Å². The number of benzene rings is 1. The number of hydrogen-bond acceptors (Lipinski definition) is 6. The maximum absolute atomic E-state index is 6.38. The summed E-state index contributed by atoms with van der Waals surface area (Å²) in [5.74, 6) is 2.29. The first-order valence-electron chi connectivity index (χ1n) is 10.6. The van der Waals surface area contributed by atoms with Crippen molar-refractivity contribution in [2.45, 2.75) is 31.4 Å². The molecule has 2 bridgehead atoms. The summed E-state index contributed by atoms with van der Waals surface area (Å²) < 4.78 is 6.94. The highest BCUT2D eigenvalue weighted by atomic mass is 32.1. The second-order valence-corrected chi connectivity index (χ2v) is 9.80. The monoisotopic (exact) mass is 397 g/mol. The average molecular weight is 398 g/mol. The number of piperidine rings is 3. The van der Waals surface area contributed by atoms with Crippen LogP contribution in [0.3, 0.4) is 0 Å². The third-order valence-corrected chi connectivity index (χ3v) is 8.22. The Morgan fingerprint density at radius 2 is 1.93 bits per heavy atom. The normalized spacial score (nSPS) is 32.9. The van der Waals surface area contributed by atoms with E-state index >= 15 is 0 Å². The van der Waals surface area contributed by atoms with Crippen molar-refractivity contribution in [2.75, 3.05) is 39.4 Å². The Hall–Kier alpha value is -1.63. The first-order valence-corrected chi connectivity index (χ1v) is 11.5. The molecule has 0 radical (unpaired) electrons. The Balaban J connectivity index is 1.37. The van der Waals surface area contributed by atoms with Crippen LogP contribution in [0, 0.1) is 11.8 Å². The van der Waals surface area contributed by atoms with Crippen molar-refractivity contribution in [1.82, 2.24) is 9.80 Å². The molecule has 1 atom stereocenters. The van der Waals surface area contributed by atoms with E-state index in [4.69, 9.17) is 14.7 Å². The molecule has 1 aromatic heterocycles. The standard InChI is InChI=1S/C22H27N3O2S/c1-2-4-19-17(3-1)13-20(28-19)21-23-27-22(15-24-9-5-18(22)6-10-24)25(21)14-16-7-11-26-12-8-16/h1-4,13,16,18H,5-12,14-15H2/t22-/m1/s1. The van der Waals surface area contributed by atoms with E-state index in [0.717, 1.165) is 45.0 Å².